The van der Waals surface area contributed by atoms with Crippen LogP contribution < -0.4 is 15.4 Å². The third kappa shape index (κ3) is 5.10. The fourth-order valence-corrected chi connectivity index (χ4v) is 3.28. The number of amides is 2. The predicted octanol–water partition coefficient (Wildman–Crippen LogP) is 1.16. The SMILES string of the molecule is O=C1COc2ccc(CNC(=O)c3cc(C(=O)NCC(=O)C(F)(F)F)n4ncc(F)c4n3)cc2C1. The molecule has 2 amide bonds. The molecule has 3 heterocycles. The quantitative estimate of drug-likeness (QED) is 0.493. The van der Waals surface area contributed by atoms with E-state index in [4.69, 9.17) is 4.74 Å². The van der Waals surface area contributed by atoms with E-state index in [1.54, 1.807) is 23.5 Å². The molecule has 2 aromatic heterocycles. The second kappa shape index (κ2) is 9.12. The minimum Gasteiger partial charge on any atom is -0.486 e. The number of hydrogen-bond acceptors (Lipinski definition) is 7. The third-order valence-electron chi connectivity index (χ3n) is 4.97. The van der Waals surface area contributed by atoms with E-state index < -0.39 is 53.2 Å². The number of halogens is 4. The van der Waals surface area contributed by atoms with E-state index in [1.807, 2.05) is 0 Å². The van der Waals surface area contributed by atoms with E-state index in [-0.39, 0.29) is 25.4 Å². The molecule has 0 spiro atoms. The minimum absolute atomic E-state index is 0.0112. The molecule has 0 bridgehead atoms. The Bertz CT molecular complexity index is 1370. The molecule has 10 nitrogen and oxygen atoms in total. The van der Waals surface area contributed by atoms with Crippen LogP contribution in [-0.4, -0.2) is 57.3 Å². The zero-order chi connectivity index (χ0) is 25.3. The molecule has 2 N–H and O–H groups in total. The van der Waals surface area contributed by atoms with Gasteiger partial charge in [-0.2, -0.15) is 18.3 Å². The molecule has 0 aliphatic carbocycles. The first-order valence-corrected chi connectivity index (χ1v) is 10.00. The number of alkyl halides is 3. The molecule has 14 heteroatoms. The summed E-state index contributed by atoms with van der Waals surface area (Å²) in [5.74, 6) is -4.74. The van der Waals surface area contributed by atoms with Gasteiger partial charge in [-0.1, -0.05) is 6.07 Å². The molecule has 0 fully saturated rings. The molecule has 0 radical (unpaired) electrons. The van der Waals surface area contributed by atoms with E-state index >= 15 is 0 Å². The van der Waals surface area contributed by atoms with Gasteiger partial charge in [0.2, 0.25) is 0 Å². The first-order valence-electron chi connectivity index (χ1n) is 10.00. The lowest BCUT2D eigenvalue weighted by Crippen LogP contribution is -2.37. The van der Waals surface area contributed by atoms with Gasteiger partial charge in [-0.25, -0.2) is 13.9 Å². The molecule has 3 aromatic rings. The average Bonchev–Trinajstić information content (AvgIpc) is 3.19. The minimum atomic E-state index is -5.15. The third-order valence-corrected chi connectivity index (χ3v) is 4.97. The van der Waals surface area contributed by atoms with Crippen LogP contribution >= 0.6 is 0 Å². The Morgan fingerprint density at radius 1 is 1.11 bits per heavy atom. The smallest absolute Gasteiger partial charge is 0.451 e. The maximum atomic E-state index is 14.1. The van der Waals surface area contributed by atoms with E-state index in [0.717, 1.165) is 6.07 Å². The van der Waals surface area contributed by atoms with Crippen LogP contribution in [-0.2, 0) is 22.6 Å². The number of fused-ring (bicyclic) bond motifs is 2. The number of aromatic nitrogens is 3. The van der Waals surface area contributed by atoms with Gasteiger partial charge >= 0.3 is 6.18 Å². The second-order valence-corrected chi connectivity index (χ2v) is 7.49. The Kier molecular flexibility index (Phi) is 6.20. The van der Waals surface area contributed by atoms with Crippen LogP contribution in [0.1, 0.15) is 32.1 Å². The molecule has 1 aliphatic heterocycles. The van der Waals surface area contributed by atoms with Crippen molar-refractivity contribution in [2.45, 2.75) is 19.1 Å². The summed E-state index contributed by atoms with van der Waals surface area (Å²) in [6.07, 6.45) is -4.26. The maximum absolute atomic E-state index is 14.1. The highest BCUT2D eigenvalue weighted by Crippen LogP contribution is 2.24. The van der Waals surface area contributed by atoms with Crippen LogP contribution in [0.15, 0.2) is 30.5 Å². The van der Waals surface area contributed by atoms with Crippen molar-refractivity contribution in [2.24, 2.45) is 0 Å². The van der Waals surface area contributed by atoms with Crippen LogP contribution in [0.3, 0.4) is 0 Å². The molecule has 182 valence electrons. The lowest BCUT2D eigenvalue weighted by atomic mass is 10.0. The summed E-state index contributed by atoms with van der Waals surface area (Å²) in [4.78, 5) is 51.5. The number of Topliss-reactive ketones (excluding diaryl/α,β-unsaturated/α-hetero) is 2. The Morgan fingerprint density at radius 2 is 1.89 bits per heavy atom. The summed E-state index contributed by atoms with van der Waals surface area (Å²) < 4.78 is 57.3. The number of ketones is 2. The molecule has 1 aromatic carbocycles. The summed E-state index contributed by atoms with van der Waals surface area (Å²) >= 11 is 0. The zero-order valence-corrected chi connectivity index (χ0v) is 17.6. The fourth-order valence-electron chi connectivity index (χ4n) is 3.28. The van der Waals surface area contributed by atoms with E-state index in [2.05, 4.69) is 15.4 Å². The number of nitrogens with one attached hydrogen (secondary N) is 2. The molecule has 1 aliphatic rings. The van der Waals surface area contributed by atoms with Crippen molar-refractivity contribution in [2.75, 3.05) is 13.2 Å². The first-order chi connectivity index (χ1) is 16.5. The number of rotatable bonds is 6. The van der Waals surface area contributed by atoms with Gasteiger partial charge < -0.3 is 15.4 Å². The second-order valence-electron chi connectivity index (χ2n) is 7.49. The highest BCUT2D eigenvalue weighted by Gasteiger charge is 2.38. The first kappa shape index (κ1) is 23.8. The average molecular weight is 493 g/mol. The van der Waals surface area contributed by atoms with Crippen LogP contribution in [0.4, 0.5) is 17.6 Å². The number of ether oxygens (including phenoxy) is 1. The normalized spacial score (nSPS) is 13.2. The monoisotopic (exact) mass is 493 g/mol. The molecule has 4 rings (SSSR count). The van der Waals surface area contributed by atoms with Gasteiger partial charge in [-0.15, -0.1) is 0 Å². The lowest BCUT2D eigenvalue weighted by Gasteiger charge is -2.17. The van der Waals surface area contributed by atoms with Gasteiger partial charge in [0.25, 0.3) is 17.6 Å². The Morgan fingerprint density at radius 3 is 2.63 bits per heavy atom. The van der Waals surface area contributed by atoms with Gasteiger partial charge in [0.15, 0.2) is 17.2 Å². The summed E-state index contributed by atoms with van der Waals surface area (Å²) in [6, 6.07) is 5.90. The van der Waals surface area contributed by atoms with Crippen molar-refractivity contribution in [3.05, 3.63) is 58.8 Å². The highest BCUT2D eigenvalue weighted by atomic mass is 19.4. The van der Waals surface area contributed by atoms with Gasteiger partial charge in [0.05, 0.1) is 12.7 Å². The van der Waals surface area contributed by atoms with E-state index in [1.165, 1.54) is 0 Å². The van der Waals surface area contributed by atoms with E-state index in [9.17, 15) is 36.7 Å². The van der Waals surface area contributed by atoms with Gasteiger partial charge in [0.1, 0.15) is 23.7 Å². The Hall–Kier alpha value is -4.36. The predicted molar refractivity (Wildman–Crippen MR) is 108 cm³/mol. The topological polar surface area (TPSA) is 132 Å². The Balaban J connectivity index is 1.53. The van der Waals surface area contributed by atoms with Crippen LogP contribution in [0.2, 0.25) is 0 Å². The van der Waals surface area contributed by atoms with Crippen molar-refractivity contribution in [1.82, 2.24) is 25.2 Å². The van der Waals surface area contributed by atoms with Crippen LogP contribution in [0.25, 0.3) is 5.65 Å². The number of carbonyl (C=O) groups excluding carboxylic acids is 4. The van der Waals surface area contributed by atoms with Crippen LogP contribution in [0, 0.1) is 5.82 Å². The Labute approximate surface area is 193 Å². The molecule has 0 saturated heterocycles. The number of carbonyl (C=O) groups is 4. The van der Waals surface area contributed by atoms with Gasteiger partial charge in [0, 0.05) is 24.6 Å². The van der Waals surface area contributed by atoms with Crippen LogP contribution in [0.5, 0.6) is 5.75 Å². The zero-order valence-electron chi connectivity index (χ0n) is 17.6. The maximum Gasteiger partial charge on any atom is 0.451 e. The number of benzene rings is 1. The number of nitrogens with zero attached hydrogens (tertiary/aromatic N) is 3. The van der Waals surface area contributed by atoms with Crippen molar-refractivity contribution in [3.8, 4) is 5.75 Å². The van der Waals surface area contributed by atoms with Crippen molar-refractivity contribution in [1.29, 1.82) is 0 Å². The molecule has 0 saturated carbocycles. The van der Waals surface area contributed by atoms with Crippen molar-refractivity contribution < 1.29 is 41.5 Å². The molecule has 0 unspecified atom stereocenters. The molecular formula is C21H15F4N5O5. The molecule has 35 heavy (non-hydrogen) atoms. The van der Waals surface area contributed by atoms with E-state index in [0.29, 0.717) is 27.6 Å². The largest absolute Gasteiger partial charge is 0.486 e. The van der Waals surface area contributed by atoms with Gasteiger partial charge in [-0.05, 0) is 17.7 Å². The molecule has 0 atom stereocenters. The summed E-state index contributed by atoms with van der Waals surface area (Å²) in [5.41, 5.74) is -0.171. The lowest BCUT2D eigenvalue weighted by molar-refractivity contribution is -0.169. The summed E-state index contributed by atoms with van der Waals surface area (Å²) in [6.45, 7) is -1.39. The summed E-state index contributed by atoms with van der Waals surface area (Å²) in [5, 5.41) is 7.90. The fraction of sp³-hybridized carbons (Fsp3) is 0.238. The molecular weight excluding hydrogens is 478 g/mol. The van der Waals surface area contributed by atoms with Crippen molar-refractivity contribution in [3.63, 3.8) is 0 Å². The van der Waals surface area contributed by atoms with Crippen molar-refractivity contribution >= 4 is 29.0 Å². The highest BCUT2D eigenvalue weighted by molar-refractivity contribution is 6.00. The number of hydrogen-bond donors (Lipinski definition) is 2. The van der Waals surface area contributed by atoms with Gasteiger partial charge in [-0.3, -0.25) is 19.2 Å². The summed E-state index contributed by atoms with van der Waals surface area (Å²) in [7, 11) is 0. The standard InChI is InChI=1S/C21H15F4N5O5/c22-13-7-28-30-15(20(34)27-8-17(32)21(23,24)25)5-14(29-18(13)30)19(33)26-6-10-1-2-16-11(3-10)4-12(31)9-35-16/h1-3,5,7H,4,6,8-9H2,(H,26,33)(H,27,34).